The Labute approximate surface area is 155 Å². The van der Waals surface area contributed by atoms with Gasteiger partial charge in [0.2, 0.25) is 0 Å². The molecule has 2 rings (SSSR count). The molecule has 0 radical (unpaired) electrons. The van der Waals surface area contributed by atoms with Gasteiger partial charge in [0.05, 0.1) is 26.4 Å². The summed E-state index contributed by atoms with van der Waals surface area (Å²) in [6, 6.07) is 7.92. The molecule has 0 bridgehead atoms. The lowest BCUT2D eigenvalue weighted by molar-refractivity contribution is 0.0358. The van der Waals surface area contributed by atoms with Crippen molar-refractivity contribution in [3.63, 3.8) is 0 Å². The van der Waals surface area contributed by atoms with Crippen molar-refractivity contribution in [2.24, 2.45) is 0 Å². The van der Waals surface area contributed by atoms with Gasteiger partial charge in [-0.1, -0.05) is 13.3 Å². The Morgan fingerprint density at radius 3 is 1.92 bits per heavy atom. The normalized spacial score (nSPS) is 15.0. The van der Waals surface area contributed by atoms with E-state index in [2.05, 4.69) is 11.8 Å². The standard InChI is InChI=1S/C17H27NO3.H2O4S/c1-2-3-12-20-16-5-7-17(8-6-16)21-13-4-9-18-10-14-19-15-11-18;1-5(2,3)4/h5-8H,2-4,9-15H2,1H3;(H2,1,2,3,4). The first-order valence-corrected chi connectivity index (χ1v) is 10.1. The van der Waals surface area contributed by atoms with Crippen LogP contribution in [0.1, 0.15) is 26.2 Å². The molecule has 8 nitrogen and oxygen atoms in total. The predicted molar refractivity (Wildman–Crippen MR) is 98.4 cm³/mol. The fourth-order valence-electron chi connectivity index (χ4n) is 2.27. The topological polar surface area (TPSA) is 106 Å². The van der Waals surface area contributed by atoms with Crippen LogP contribution in [0.15, 0.2) is 24.3 Å². The van der Waals surface area contributed by atoms with Gasteiger partial charge in [0.1, 0.15) is 11.5 Å². The average Bonchev–Trinajstić information content (AvgIpc) is 2.60. The van der Waals surface area contributed by atoms with Gasteiger partial charge in [-0.25, -0.2) is 0 Å². The van der Waals surface area contributed by atoms with Crippen molar-refractivity contribution in [2.75, 3.05) is 46.1 Å². The molecule has 0 aliphatic carbocycles. The smallest absolute Gasteiger partial charge is 0.394 e. The van der Waals surface area contributed by atoms with Crippen LogP contribution in [0, 0.1) is 0 Å². The van der Waals surface area contributed by atoms with Crippen LogP contribution in [-0.4, -0.2) is 68.5 Å². The van der Waals surface area contributed by atoms with E-state index in [4.69, 9.17) is 31.7 Å². The van der Waals surface area contributed by atoms with Crippen LogP contribution >= 0.6 is 0 Å². The van der Waals surface area contributed by atoms with Crippen LogP contribution in [0.25, 0.3) is 0 Å². The fraction of sp³-hybridized carbons (Fsp3) is 0.647. The molecule has 0 spiro atoms. The number of rotatable bonds is 9. The number of morpholine rings is 1. The van der Waals surface area contributed by atoms with Gasteiger partial charge < -0.3 is 14.2 Å². The largest absolute Gasteiger partial charge is 0.494 e. The van der Waals surface area contributed by atoms with Gasteiger partial charge in [0.25, 0.3) is 0 Å². The Balaban J connectivity index is 0.000000597. The summed E-state index contributed by atoms with van der Waals surface area (Å²) >= 11 is 0. The third-order valence-electron chi connectivity index (χ3n) is 3.58. The van der Waals surface area contributed by atoms with Crippen LogP contribution in [-0.2, 0) is 15.1 Å². The zero-order valence-corrected chi connectivity index (χ0v) is 16.0. The van der Waals surface area contributed by atoms with E-state index in [0.29, 0.717) is 0 Å². The molecule has 1 aliphatic heterocycles. The highest BCUT2D eigenvalue weighted by atomic mass is 32.3. The maximum Gasteiger partial charge on any atom is 0.394 e. The third-order valence-corrected chi connectivity index (χ3v) is 3.58. The van der Waals surface area contributed by atoms with Crippen molar-refractivity contribution in [1.82, 2.24) is 4.90 Å². The molecule has 0 atom stereocenters. The second-order valence-electron chi connectivity index (χ2n) is 5.78. The molecular weight excluding hydrogens is 362 g/mol. The summed E-state index contributed by atoms with van der Waals surface area (Å²) in [6.45, 7) is 8.61. The minimum Gasteiger partial charge on any atom is -0.494 e. The minimum atomic E-state index is -4.67. The highest BCUT2D eigenvalue weighted by molar-refractivity contribution is 7.79. The number of ether oxygens (including phenoxy) is 3. The molecule has 1 aliphatic rings. The summed E-state index contributed by atoms with van der Waals surface area (Å²) in [6.07, 6.45) is 3.30. The lowest BCUT2D eigenvalue weighted by Crippen LogP contribution is -2.37. The van der Waals surface area contributed by atoms with Gasteiger partial charge in [-0.3, -0.25) is 14.0 Å². The third kappa shape index (κ3) is 12.9. The van der Waals surface area contributed by atoms with E-state index in [1.54, 1.807) is 0 Å². The molecule has 1 aromatic carbocycles. The highest BCUT2D eigenvalue weighted by Crippen LogP contribution is 2.18. The van der Waals surface area contributed by atoms with Crippen LogP contribution in [0.5, 0.6) is 11.5 Å². The van der Waals surface area contributed by atoms with Crippen molar-refractivity contribution >= 4 is 10.4 Å². The molecule has 0 amide bonds. The summed E-state index contributed by atoms with van der Waals surface area (Å²) < 4.78 is 48.3. The van der Waals surface area contributed by atoms with E-state index < -0.39 is 10.4 Å². The number of unbranched alkanes of at least 4 members (excludes halogenated alkanes) is 1. The molecule has 150 valence electrons. The number of nitrogens with zero attached hydrogens (tertiary/aromatic N) is 1. The van der Waals surface area contributed by atoms with Gasteiger partial charge in [0.15, 0.2) is 0 Å². The molecule has 0 aromatic heterocycles. The summed E-state index contributed by atoms with van der Waals surface area (Å²) in [5.74, 6) is 1.84. The molecule has 0 unspecified atom stereocenters. The quantitative estimate of drug-likeness (QED) is 0.488. The summed E-state index contributed by atoms with van der Waals surface area (Å²) in [7, 11) is -4.67. The number of benzene rings is 1. The monoisotopic (exact) mass is 391 g/mol. The summed E-state index contributed by atoms with van der Waals surface area (Å²) in [5.41, 5.74) is 0. The lowest BCUT2D eigenvalue weighted by atomic mass is 10.3. The fourth-order valence-corrected chi connectivity index (χ4v) is 2.27. The van der Waals surface area contributed by atoms with E-state index >= 15 is 0 Å². The predicted octanol–water partition coefficient (Wildman–Crippen LogP) is 2.31. The number of hydrogen-bond donors (Lipinski definition) is 2. The summed E-state index contributed by atoms with van der Waals surface area (Å²) in [4.78, 5) is 2.43. The molecule has 1 heterocycles. The van der Waals surface area contributed by atoms with E-state index in [0.717, 1.165) is 76.8 Å². The maximum absolute atomic E-state index is 8.74. The van der Waals surface area contributed by atoms with Crippen molar-refractivity contribution < 1.29 is 31.7 Å². The Bertz CT molecular complexity index is 563. The molecule has 1 fully saturated rings. The zero-order chi connectivity index (χ0) is 19.3. The van der Waals surface area contributed by atoms with E-state index in [-0.39, 0.29) is 0 Å². The van der Waals surface area contributed by atoms with Crippen LogP contribution in [0.2, 0.25) is 0 Å². The SMILES string of the molecule is CCCCOc1ccc(OCCCN2CCOCC2)cc1.O=S(=O)(O)O. The lowest BCUT2D eigenvalue weighted by Gasteiger charge is -2.26. The Morgan fingerprint density at radius 2 is 1.46 bits per heavy atom. The first-order chi connectivity index (χ1) is 12.4. The maximum atomic E-state index is 8.74. The van der Waals surface area contributed by atoms with Crippen molar-refractivity contribution in [3.05, 3.63) is 24.3 Å². The molecule has 1 aromatic rings. The van der Waals surface area contributed by atoms with Crippen molar-refractivity contribution in [1.29, 1.82) is 0 Å². The molecule has 9 heteroatoms. The molecular formula is C17H29NO7S. The Morgan fingerprint density at radius 1 is 1.00 bits per heavy atom. The molecule has 26 heavy (non-hydrogen) atoms. The minimum absolute atomic E-state index is 0.757. The first kappa shape index (κ1) is 22.7. The second kappa shape index (κ2) is 12.9. The van der Waals surface area contributed by atoms with E-state index in [9.17, 15) is 0 Å². The average molecular weight is 391 g/mol. The van der Waals surface area contributed by atoms with E-state index in [1.807, 2.05) is 24.3 Å². The van der Waals surface area contributed by atoms with E-state index in [1.165, 1.54) is 0 Å². The summed E-state index contributed by atoms with van der Waals surface area (Å²) in [5, 5.41) is 0. The highest BCUT2D eigenvalue weighted by Gasteiger charge is 2.09. The van der Waals surface area contributed by atoms with Gasteiger partial charge >= 0.3 is 10.4 Å². The second-order valence-corrected chi connectivity index (χ2v) is 6.67. The van der Waals surface area contributed by atoms with Crippen LogP contribution < -0.4 is 9.47 Å². The molecule has 0 saturated carbocycles. The Hall–Kier alpha value is -1.39. The van der Waals surface area contributed by atoms with Crippen molar-refractivity contribution in [3.8, 4) is 11.5 Å². The zero-order valence-electron chi connectivity index (χ0n) is 15.2. The van der Waals surface area contributed by atoms with Crippen molar-refractivity contribution in [2.45, 2.75) is 26.2 Å². The van der Waals surface area contributed by atoms with Gasteiger partial charge in [0, 0.05) is 19.6 Å². The van der Waals surface area contributed by atoms with Gasteiger partial charge in [-0.2, -0.15) is 8.42 Å². The molecule has 1 saturated heterocycles. The Kier molecular flexibility index (Phi) is 11.2. The number of hydrogen-bond acceptors (Lipinski definition) is 6. The van der Waals surface area contributed by atoms with Crippen LogP contribution in [0.3, 0.4) is 0 Å². The van der Waals surface area contributed by atoms with Gasteiger partial charge in [-0.05, 0) is 37.1 Å². The molecule has 2 N–H and O–H groups in total. The first-order valence-electron chi connectivity index (χ1n) is 8.74. The van der Waals surface area contributed by atoms with Gasteiger partial charge in [-0.15, -0.1) is 0 Å². The van der Waals surface area contributed by atoms with Crippen LogP contribution in [0.4, 0.5) is 0 Å².